The van der Waals surface area contributed by atoms with Crippen LogP contribution in [0.2, 0.25) is 0 Å². The van der Waals surface area contributed by atoms with Crippen molar-refractivity contribution < 1.29 is 35.6 Å². The quantitative estimate of drug-likeness (QED) is 0.119. The Morgan fingerprint density at radius 2 is 1.55 bits per heavy atom. The molecule has 0 amide bonds. The molecule has 8 N–H and O–H groups in total. The summed E-state index contributed by atoms with van der Waals surface area (Å²) in [5.41, 5.74) is 17.8. The number of nitrogens with two attached hydrogens (primary N) is 3. The van der Waals surface area contributed by atoms with Gasteiger partial charge in [0.25, 0.3) is 25.9 Å². The molecule has 15 heteroatoms. The van der Waals surface area contributed by atoms with E-state index in [9.17, 15) is 26.9 Å². The van der Waals surface area contributed by atoms with Gasteiger partial charge < -0.3 is 21.9 Å². The van der Waals surface area contributed by atoms with Gasteiger partial charge in [0.1, 0.15) is 10.6 Å². The molecular formula is C18H28N4O9S2. The second-order valence-corrected chi connectivity index (χ2v) is 9.15. The minimum Gasteiger partial charge on any atom is -0.491 e. The first kappa shape index (κ1) is 29.9. The maximum atomic E-state index is 10.7. The van der Waals surface area contributed by atoms with E-state index < -0.39 is 35.7 Å². The number of rotatable bonds is 7. The highest BCUT2D eigenvalue weighted by molar-refractivity contribution is 7.86. The van der Waals surface area contributed by atoms with Gasteiger partial charge in [0, 0.05) is 23.9 Å². The summed E-state index contributed by atoms with van der Waals surface area (Å²) in [5, 5.41) is 10.3. The molecule has 2 aromatic rings. The fraction of sp³-hybridized carbons (Fsp3) is 0.333. The lowest BCUT2D eigenvalue weighted by atomic mass is 10.1. The molecule has 13 nitrogen and oxygen atoms in total. The normalized spacial score (nSPS) is 10.8. The van der Waals surface area contributed by atoms with Gasteiger partial charge in [-0.25, -0.2) is 0 Å². The van der Waals surface area contributed by atoms with Crippen molar-refractivity contribution in [1.29, 1.82) is 0 Å². The third-order valence-corrected chi connectivity index (χ3v) is 5.40. The van der Waals surface area contributed by atoms with Crippen molar-refractivity contribution in [2.24, 2.45) is 0 Å². The number of hydrogen-bond acceptors (Lipinski definition) is 10. The molecule has 0 aromatic heterocycles. The number of anilines is 3. The predicted octanol–water partition coefficient (Wildman–Crippen LogP) is 2.27. The summed E-state index contributed by atoms with van der Waals surface area (Å²) in [6.45, 7) is 5.97. The summed E-state index contributed by atoms with van der Waals surface area (Å²) in [5.74, 6) is 0.0808. The van der Waals surface area contributed by atoms with Gasteiger partial charge in [-0.15, -0.1) is 0 Å². The first-order valence-electron chi connectivity index (χ1n) is 9.36. The average Bonchev–Trinajstić information content (AvgIpc) is 2.69. The summed E-state index contributed by atoms with van der Waals surface area (Å²) in [7, 11) is -8.46. The van der Waals surface area contributed by atoms with Crippen LogP contribution in [0, 0.1) is 17.0 Å². The van der Waals surface area contributed by atoms with Crippen molar-refractivity contribution in [3.8, 4) is 5.75 Å². The smallest absolute Gasteiger partial charge is 0.296 e. The molecule has 0 heterocycles. The lowest BCUT2D eigenvalue weighted by Crippen LogP contribution is -2.09. The van der Waals surface area contributed by atoms with Crippen molar-refractivity contribution in [3.63, 3.8) is 0 Å². The first-order chi connectivity index (χ1) is 15.1. The lowest BCUT2D eigenvalue weighted by Gasteiger charge is -2.10. The van der Waals surface area contributed by atoms with Crippen LogP contribution < -0.4 is 21.9 Å². The van der Waals surface area contributed by atoms with Crippen LogP contribution in [0.5, 0.6) is 5.75 Å². The maximum absolute atomic E-state index is 10.7. The Bertz CT molecular complexity index is 1170. The zero-order chi connectivity index (χ0) is 26.0. The lowest BCUT2D eigenvalue weighted by molar-refractivity contribution is -0.385. The standard InChI is InChI=1S/C10H16N2O4S.C6H6N2O5S.C2H6/c1-7-5-9(12)10(6-8(7)11)16-3-2-4-17(13,14)15;7-5-2-1-4(8(9)10)3-6(5)14(11,12)13;1-2/h5-6H,2-4,11-12H2,1H3,(H,13,14,15);1-3H,7H2,(H,11,12,13);1-2H3. The zero-order valence-electron chi connectivity index (χ0n) is 18.3. The van der Waals surface area contributed by atoms with Crippen molar-refractivity contribution in [2.75, 3.05) is 29.6 Å². The predicted molar refractivity (Wildman–Crippen MR) is 125 cm³/mol. The number of aryl methyl sites for hydroxylation is 1. The Hall–Kier alpha value is -3.14. The number of ether oxygens (including phenoxy) is 1. The van der Waals surface area contributed by atoms with Gasteiger partial charge in [0.15, 0.2) is 0 Å². The second-order valence-electron chi connectivity index (χ2n) is 6.19. The van der Waals surface area contributed by atoms with Crippen LogP contribution in [0.1, 0.15) is 25.8 Å². The van der Waals surface area contributed by atoms with E-state index in [0.717, 1.165) is 17.7 Å². The van der Waals surface area contributed by atoms with E-state index in [1.54, 1.807) is 12.1 Å². The Morgan fingerprint density at radius 3 is 2.03 bits per heavy atom. The summed E-state index contributed by atoms with van der Waals surface area (Å²) in [4.78, 5) is 8.84. The molecule has 2 rings (SSSR count). The van der Waals surface area contributed by atoms with Crippen molar-refractivity contribution in [1.82, 2.24) is 0 Å². The molecule has 0 radical (unpaired) electrons. The highest BCUT2D eigenvalue weighted by atomic mass is 32.2. The highest BCUT2D eigenvalue weighted by Crippen LogP contribution is 2.27. The van der Waals surface area contributed by atoms with E-state index in [4.69, 9.17) is 31.0 Å². The van der Waals surface area contributed by atoms with Gasteiger partial charge in [-0.2, -0.15) is 16.8 Å². The van der Waals surface area contributed by atoms with Crippen LogP contribution in [0.4, 0.5) is 22.7 Å². The molecule has 33 heavy (non-hydrogen) atoms. The molecule has 0 unspecified atom stereocenters. The number of nitro groups is 1. The third kappa shape index (κ3) is 10.8. The van der Waals surface area contributed by atoms with E-state index in [2.05, 4.69) is 0 Å². The van der Waals surface area contributed by atoms with Crippen molar-refractivity contribution >= 4 is 43.0 Å². The van der Waals surface area contributed by atoms with Gasteiger partial charge >= 0.3 is 0 Å². The first-order valence-corrected chi connectivity index (χ1v) is 12.4. The van der Waals surface area contributed by atoms with E-state index in [-0.39, 0.29) is 24.5 Å². The molecular weight excluding hydrogens is 480 g/mol. The van der Waals surface area contributed by atoms with Gasteiger partial charge in [-0.3, -0.25) is 19.2 Å². The molecule has 186 valence electrons. The topological polar surface area (TPSA) is 239 Å². The molecule has 0 aliphatic heterocycles. The van der Waals surface area contributed by atoms with Crippen LogP contribution in [-0.4, -0.2) is 43.2 Å². The minimum absolute atomic E-state index is 0.145. The highest BCUT2D eigenvalue weighted by Gasteiger charge is 2.18. The van der Waals surface area contributed by atoms with E-state index in [1.807, 2.05) is 20.8 Å². The van der Waals surface area contributed by atoms with Gasteiger partial charge in [-0.05, 0) is 31.0 Å². The van der Waals surface area contributed by atoms with Crippen molar-refractivity contribution in [3.05, 3.63) is 46.0 Å². The molecule has 0 saturated carbocycles. The minimum atomic E-state index is -4.52. The van der Waals surface area contributed by atoms with E-state index in [0.29, 0.717) is 23.2 Å². The third-order valence-electron chi connectivity index (χ3n) is 3.69. The van der Waals surface area contributed by atoms with Gasteiger partial charge in [0.05, 0.1) is 28.7 Å². The summed E-state index contributed by atoms with van der Waals surface area (Å²) in [6.07, 6.45) is 0.187. The molecule has 0 spiro atoms. The Morgan fingerprint density at radius 1 is 0.970 bits per heavy atom. The number of hydrogen-bond donors (Lipinski definition) is 5. The fourth-order valence-corrected chi connectivity index (χ4v) is 3.25. The number of nitrogens with zero attached hydrogens (tertiary/aromatic N) is 1. The molecule has 0 atom stereocenters. The molecule has 2 aromatic carbocycles. The zero-order valence-corrected chi connectivity index (χ0v) is 19.9. The fourth-order valence-electron chi connectivity index (χ4n) is 2.13. The summed E-state index contributed by atoms with van der Waals surface area (Å²) in [6, 6.07) is 6.07. The molecule has 0 aliphatic carbocycles. The number of nitrogen functional groups attached to an aromatic ring is 3. The molecule has 0 aliphatic rings. The summed E-state index contributed by atoms with van der Waals surface area (Å²) >= 11 is 0. The number of benzene rings is 2. The average molecular weight is 509 g/mol. The maximum Gasteiger partial charge on any atom is 0.296 e. The molecule has 0 fully saturated rings. The monoisotopic (exact) mass is 508 g/mol. The van der Waals surface area contributed by atoms with Gasteiger partial charge in [-0.1, -0.05) is 13.8 Å². The van der Waals surface area contributed by atoms with Crippen LogP contribution in [0.3, 0.4) is 0 Å². The van der Waals surface area contributed by atoms with Gasteiger partial charge in [0.2, 0.25) is 0 Å². The second kappa shape index (κ2) is 12.8. The number of non-ortho nitro benzene ring substituents is 1. The van der Waals surface area contributed by atoms with E-state index in [1.165, 1.54) is 0 Å². The Balaban J connectivity index is 0.000000586. The molecule has 0 bridgehead atoms. The van der Waals surface area contributed by atoms with Crippen LogP contribution in [0.15, 0.2) is 35.2 Å². The van der Waals surface area contributed by atoms with Crippen LogP contribution >= 0.6 is 0 Å². The Kier molecular flexibility index (Phi) is 11.6. The Labute approximate surface area is 192 Å². The SMILES string of the molecule is CC.Cc1cc(N)c(OCCCS(=O)(=O)O)cc1N.Nc1ccc([N+](=O)[O-])cc1S(=O)(=O)O. The van der Waals surface area contributed by atoms with Crippen LogP contribution in [0.25, 0.3) is 0 Å². The molecule has 0 saturated heterocycles. The largest absolute Gasteiger partial charge is 0.491 e. The van der Waals surface area contributed by atoms with E-state index >= 15 is 0 Å². The van der Waals surface area contributed by atoms with Crippen LogP contribution in [-0.2, 0) is 20.2 Å². The summed E-state index contributed by atoms with van der Waals surface area (Å²) < 4.78 is 64.7. The number of nitro benzene ring substituents is 1. The van der Waals surface area contributed by atoms with Crippen molar-refractivity contribution in [2.45, 2.75) is 32.1 Å².